The third-order valence-corrected chi connectivity index (χ3v) is 7.94. The van der Waals surface area contributed by atoms with Gasteiger partial charge in [0.05, 0.1) is 0 Å². The zero-order valence-corrected chi connectivity index (χ0v) is 29.5. The van der Waals surface area contributed by atoms with Crippen LogP contribution in [0.3, 0.4) is 0 Å². The molecule has 0 N–H and O–H groups in total. The molecular formula is C36H42Cl2Zr-2. The predicted octanol–water partition coefficient (Wildman–Crippen LogP) is 3.53. The number of halogens is 2. The van der Waals surface area contributed by atoms with Crippen molar-refractivity contribution in [1.82, 2.24) is 0 Å². The third-order valence-electron chi connectivity index (χ3n) is 7.94. The Morgan fingerprint density at radius 3 is 1.74 bits per heavy atom. The first-order valence-corrected chi connectivity index (χ1v) is 14.7. The van der Waals surface area contributed by atoms with Crippen LogP contribution >= 0.6 is 0 Å². The van der Waals surface area contributed by atoms with Gasteiger partial charge in [0.25, 0.3) is 0 Å². The van der Waals surface area contributed by atoms with Crippen molar-refractivity contribution < 1.29 is 49.0 Å². The molecule has 3 heteroatoms. The molecule has 0 aliphatic heterocycles. The summed E-state index contributed by atoms with van der Waals surface area (Å²) in [4.78, 5) is 0. The van der Waals surface area contributed by atoms with Crippen LogP contribution in [-0.2, 0) is 41.5 Å². The fourth-order valence-electron chi connectivity index (χ4n) is 6.23. The summed E-state index contributed by atoms with van der Waals surface area (Å²) in [6.45, 7) is 24.3. The molecule has 0 nitrogen and oxygen atoms in total. The number of rotatable bonds is 0. The quantitative estimate of drug-likeness (QED) is 0.259. The van der Waals surface area contributed by atoms with E-state index in [1.807, 2.05) is 0 Å². The second-order valence-corrected chi connectivity index (χ2v) is 15.1. The smallest absolute Gasteiger partial charge is 0.0632 e. The molecule has 3 aliphatic carbocycles. The first kappa shape index (κ1) is 33.8. The van der Waals surface area contributed by atoms with E-state index >= 15 is 0 Å². The maximum absolute atomic E-state index is 3.65. The SMILES string of the molecule is CC1=[C-]C(C)(C)c2cc3c(cc21)-c1cc2c(cc1C3)C(C)(C)C=C2C.C[C](C)=[Zr+2].Cc1cc(C)c(C)[cH-]1.[Cl-].[Cl-]. The third kappa shape index (κ3) is 6.75. The van der Waals surface area contributed by atoms with Crippen LogP contribution in [-0.4, -0.2) is 3.21 Å². The molecule has 0 atom stereocenters. The van der Waals surface area contributed by atoms with Gasteiger partial charge < -0.3 is 24.8 Å². The number of fused-ring (bicyclic) bond motifs is 5. The van der Waals surface area contributed by atoms with Crippen molar-refractivity contribution in [3.05, 3.63) is 98.6 Å². The molecule has 39 heavy (non-hydrogen) atoms. The summed E-state index contributed by atoms with van der Waals surface area (Å²) in [5, 5.41) is 0. The van der Waals surface area contributed by atoms with E-state index in [1.54, 1.807) is 24.2 Å². The Labute approximate surface area is 264 Å². The maximum Gasteiger partial charge on any atom is -0.0632 e. The topological polar surface area (TPSA) is 0 Å². The van der Waals surface area contributed by atoms with Crippen LogP contribution < -0.4 is 24.8 Å². The summed E-state index contributed by atoms with van der Waals surface area (Å²) >= 11 is 1.55. The number of allylic oxidation sites excluding steroid dienone is 4. The van der Waals surface area contributed by atoms with Crippen LogP contribution in [0, 0.1) is 26.8 Å². The van der Waals surface area contributed by atoms with Crippen LogP contribution in [0.25, 0.3) is 22.3 Å². The maximum atomic E-state index is 3.65. The normalized spacial score (nSPS) is 15.9. The van der Waals surface area contributed by atoms with E-state index in [1.165, 1.54) is 75.6 Å². The van der Waals surface area contributed by atoms with Gasteiger partial charge in [0, 0.05) is 5.41 Å². The van der Waals surface area contributed by atoms with Crippen molar-refractivity contribution in [3.63, 3.8) is 0 Å². The number of hydrogen-bond acceptors (Lipinski definition) is 0. The van der Waals surface area contributed by atoms with Crippen LogP contribution in [0.15, 0.2) is 42.5 Å². The van der Waals surface area contributed by atoms with Gasteiger partial charge in [-0.15, -0.1) is 11.6 Å². The summed E-state index contributed by atoms with van der Waals surface area (Å²) in [5.41, 5.74) is 18.7. The molecule has 0 heterocycles. The van der Waals surface area contributed by atoms with E-state index in [0.717, 1.165) is 6.42 Å². The number of benzene rings is 2. The molecule has 0 saturated carbocycles. The number of aryl methyl sites for hydroxylation is 3. The molecule has 0 amide bonds. The predicted molar refractivity (Wildman–Crippen MR) is 159 cm³/mol. The van der Waals surface area contributed by atoms with Crippen LogP contribution in [0.1, 0.15) is 105 Å². The van der Waals surface area contributed by atoms with E-state index < -0.39 is 0 Å². The summed E-state index contributed by atoms with van der Waals surface area (Å²) < 4.78 is 1.51. The van der Waals surface area contributed by atoms with Crippen molar-refractivity contribution in [2.24, 2.45) is 0 Å². The van der Waals surface area contributed by atoms with E-state index in [0.29, 0.717) is 0 Å². The molecule has 206 valence electrons. The summed E-state index contributed by atoms with van der Waals surface area (Å²) in [6, 6.07) is 14.2. The van der Waals surface area contributed by atoms with E-state index in [9.17, 15) is 0 Å². The molecule has 0 aromatic heterocycles. The molecule has 3 aliphatic rings. The second kappa shape index (κ2) is 12.2. The van der Waals surface area contributed by atoms with Crippen LogP contribution in [0.4, 0.5) is 0 Å². The molecule has 0 saturated heterocycles. The second-order valence-electron chi connectivity index (χ2n) is 12.6. The molecule has 0 radical (unpaired) electrons. The van der Waals surface area contributed by atoms with E-state index in [-0.39, 0.29) is 35.6 Å². The molecule has 6 rings (SSSR count). The van der Waals surface area contributed by atoms with Gasteiger partial charge in [-0.1, -0.05) is 79.0 Å². The Hall–Kier alpha value is -1.40. The first-order chi connectivity index (χ1) is 17.1. The zero-order valence-electron chi connectivity index (χ0n) is 25.5. The summed E-state index contributed by atoms with van der Waals surface area (Å²) in [5.74, 6) is 0. The number of hydrogen-bond donors (Lipinski definition) is 0. The van der Waals surface area contributed by atoms with Crippen LogP contribution in [0.2, 0.25) is 0 Å². The van der Waals surface area contributed by atoms with Gasteiger partial charge in [0.15, 0.2) is 0 Å². The van der Waals surface area contributed by atoms with Crippen molar-refractivity contribution >= 4 is 14.4 Å². The molecule has 0 spiro atoms. The van der Waals surface area contributed by atoms with Gasteiger partial charge in [-0.2, -0.15) is 28.3 Å². The Bertz CT molecular complexity index is 1370. The molecule has 0 fully saturated rings. The van der Waals surface area contributed by atoms with Crippen LogP contribution in [0.5, 0.6) is 0 Å². The van der Waals surface area contributed by atoms with Gasteiger partial charge >= 0.3 is 41.3 Å². The standard InChI is InChI=1S/C25H25.C8H11.C3H6.2ClH.Zr/c1-14-12-24(3,4)22-8-16-7-17-9-23-19(15(2)13-25(23,5)6)11-21(17)20(16)10-18(14)22;1-6-4-7(2)8(3)5-6;1-3-2;;;/h8-12H,7H2,1-6H3;4-5H,1-3H3;1-2H3;2*1H;/q2*-1;;;;+2/p-2. The minimum Gasteiger partial charge on any atom is -1.00 e. The molecule has 0 unspecified atom stereocenters. The monoisotopic (exact) mass is 634 g/mol. The van der Waals surface area contributed by atoms with Crippen molar-refractivity contribution in [2.45, 2.75) is 93.4 Å². The van der Waals surface area contributed by atoms with Crippen molar-refractivity contribution in [1.29, 1.82) is 0 Å². The fraction of sp³-hybridized carbons (Fsp3) is 0.389. The van der Waals surface area contributed by atoms with Gasteiger partial charge in [-0.25, -0.2) is 11.6 Å². The summed E-state index contributed by atoms with van der Waals surface area (Å²) in [6.07, 6.45) is 7.13. The van der Waals surface area contributed by atoms with Crippen molar-refractivity contribution in [3.8, 4) is 11.1 Å². The minimum absolute atomic E-state index is 0. The Morgan fingerprint density at radius 2 is 1.28 bits per heavy atom. The van der Waals surface area contributed by atoms with Gasteiger partial charge in [0.2, 0.25) is 0 Å². The summed E-state index contributed by atoms with van der Waals surface area (Å²) in [7, 11) is 0. The van der Waals surface area contributed by atoms with Crippen molar-refractivity contribution in [2.75, 3.05) is 0 Å². The first-order valence-electron chi connectivity index (χ1n) is 13.5. The molecule has 0 bridgehead atoms. The van der Waals surface area contributed by atoms with Gasteiger partial charge in [-0.3, -0.25) is 6.08 Å². The largest absolute Gasteiger partial charge is 1.00 e. The average Bonchev–Trinajstić information content (AvgIpc) is 3.40. The van der Waals surface area contributed by atoms with Gasteiger partial charge in [-0.05, 0) is 58.4 Å². The molecule has 3 aromatic rings. The Kier molecular flexibility index (Phi) is 10.6. The Balaban J connectivity index is 0.000000322. The average molecular weight is 637 g/mol. The molecule has 3 aromatic carbocycles. The molecular weight excluding hydrogens is 595 g/mol. The van der Waals surface area contributed by atoms with E-state index in [2.05, 4.69) is 125 Å². The van der Waals surface area contributed by atoms with Gasteiger partial charge in [0.1, 0.15) is 0 Å². The van der Waals surface area contributed by atoms with E-state index in [4.69, 9.17) is 0 Å². The zero-order chi connectivity index (χ0) is 27.4. The Morgan fingerprint density at radius 1 is 0.769 bits per heavy atom. The minimum atomic E-state index is 0. The fourth-order valence-corrected chi connectivity index (χ4v) is 6.23.